The molecule has 2 aromatic carbocycles. The third-order valence-electron chi connectivity index (χ3n) is 2.51. The molecule has 19 heavy (non-hydrogen) atoms. The molecule has 1 unspecified atom stereocenters. The summed E-state index contributed by atoms with van der Waals surface area (Å²) < 4.78 is 13.2. The molecular formula is C14H10Cl2FNO. The number of nitrogens with one attached hydrogen (secondary N) is 1. The first-order chi connectivity index (χ1) is 9.08. The predicted octanol–water partition coefficient (Wildman–Crippen LogP) is 4.40. The Balaban J connectivity index is 2.10. The lowest BCUT2D eigenvalue weighted by atomic mass is 10.1. The Morgan fingerprint density at radius 1 is 1.16 bits per heavy atom. The van der Waals surface area contributed by atoms with Crippen molar-refractivity contribution in [2.24, 2.45) is 0 Å². The molecule has 0 spiro atoms. The first kappa shape index (κ1) is 13.8. The second kappa shape index (κ2) is 6.04. The van der Waals surface area contributed by atoms with E-state index in [0.29, 0.717) is 11.3 Å². The van der Waals surface area contributed by atoms with Crippen LogP contribution in [0.2, 0.25) is 5.02 Å². The monoisotopic (exact) mass is 297 g/mol. The highest BCUT2D eigenvalue weighted by molar-refractivity contribution is 6.32. The van der Waals surface area contributed by atoms with E-state index in [9.17, 15) is 9.18 Å². The molecule has 0 radical (unpaired) electrons. The van der Waals surface area contributed by atoms with E-state index in [0.717, 1.165) is 6.07 Å². The summed E-state index contributed by atoms with van der Waals surface area (Å²) in [4.78, 5) is 11.9. The van der Waals surface area contributed by atoms with Crippen molar-refractivity contribution in [1.82, 2.24) is 0 Å². The van der Waals surface area contributed by atoms with Crippen molar-refractivity contribution < 1.29 is 9.18 Å². The molecule has 0 aromatic heterocycles. The van der Waals surface area contributed by atoms with Crippen LogP contribution in [0.5, 0.6) is 0 Å². The zero-order chi connectivity index (χ0) is 13.8. The molecule has 1 amide bonds. The zero-order valence-corrected chi connectivity index (χ0v) is 11.3. The Morgan fingerprint density at radius 3 is 2.47 bits per heavy atom. The highest BCUT2D eigenvalue weighted by Gasteiger charge is 2.17. The maximum Gasteiger partial charge on any atom is 0.246 e. The van der Waals surface area contributed by atoms with Gasteiger partial charge in [0.25, 0.3) is 0 Å². The fraction of sp³-hybridized carbons (Fsp3) is 0.0714. The van der Waals surface area contributed by atoms with Crippen LogP contribution in [-0.2, 0) is 4.79 Å². The van der Waals surface area contributed by atoms with Crippen molar-refractivity contribution >= 4 is 34.8 Å². The van der Waals surface area contributed by atoms with Gasteiger partial charge in [0, 0.05) is 5.69 Å². The van der Waals surface area contributed by atoms with Crippen LogP contribution in [0.1, 0.15) is 10.9 Å². The van der Waals surface area contributed by atoms with E-state index in [1.807, 2.05) is 6.07 Å². The molecule has 1 N–H and O–H groups in total. The molecule has 0 heterocycles. The third kappa shape index (κ3) is 3.46. The van der Waals surface area contributed by atoms with Crippen molar-refractivity contribution in [2.75, 3.05) is 5.32 Å². The van der Waals surface area contributed by atoms with E-state index < -0.39 is 17.1 Å². The van der Waals surface area contributed by atoms with E-state index >= 15 is 0 Å². The van der Waals surface area contributed by atoms with E-state index in [-0.39, 0.29) is 5.02 Å². The standard InChI is InChI=1S/C14H10Cl2FNO/c15-11-7-6-10(8-12(11)17)18-14(19)13(16)9-4-2-1-3-5-9/h1-8,13H,(H,18,19). The van der Waals surface area contributed by atoms with Crippen LogP contribution in [0.3, 0.4) is 0 Å². The summed E-state index contributed by atoms with van der Waals surface area (Å²) >= 11 is 11.6. The maximum atomic E-state index is 13.2. The summed E-state index contributed by atoms with van der Waals surface area (Å²) in [6, 6.07) is 12.9. The van der Waals surface area contributed by atoms with Crippen LogP contribution in [-0.4, -0.2) is 5.91 Å². The molecule has 0 aliphatic rings. The zero-order valence-electron chi connectivity index (χ0n) is 9.74. The van der Waals surface area contributed by atoms with Crippen LogP contribution < -0.4 is 5.32 Å². The van der Waals surface area contributed by atoms with Crippen molar-refractivity contribution in [3.63, 3.8) is 0 Å². The Morgan fingerprint density at radius 2 is 1.84 bits per heavy atom. The smallest absolute Gasteiger partial charge is 0.246 e. The van der Waals surface area contributed by atoms with E-state index in [4.69, 9.17) is 23.2 Å². The number of alkyl halides is 1. The minimum Gasteiger partial charge on any atom is -0.324 e. The Kier molecular flexibility index (Phi) is 4.40. The van der Waals surface area contributed by atoms with Crippen molar-refractivity contribution in [1.29, 1.82) is 0 Å². The lowest BCUT2D eigenvalue weighted by Crippen LogP contribution is -2.17. The molecule has 0 saturated carbocycles. The van der Waals surface area contributed by atoms with Gasteiger partial charge < -0.3 is 5.32 Å². The van der Waals surface area contributed by atoms with Crippen molar-refractivity contribution in [3.05, 3.63) is 64.9 Å². The number of rotatable bonds is 3. The first-order valence-electron chi connectivity index (χ1n) is 5.53. The average molecular weight is 298 g/mol. The van der Waals surface area contributed by atoms with E-state index in [1.54, 1.807) is 24.3 Å². The Hall–Kier alpha value is -1.58. The van der Waals surface area contributed by atoms with Gasteiger partial charge in [-0.05, 0) is 23.8 Å². The number of carbonyl (C=O) groups excluding carboxylic acids is 1. The van der Waals surface area contributed by atoms with Gasteiger partial charge in [0.1, 0.15) is 11.2 Å². The van der Waals surface area contributed by atoms with Crippen LogP contribution >= 0.6 is 23.2 Å². The highest BCUT2D eigenvalue weighted by atomic mass is 35.5. The van der Waals surface area contributed by atoms with Gasteiger partial charge in [-0.25, -0.2) is 4.39 Å². The minimum atomic E-state index is -0.833. The lowest BCUT2D eigenvalue weighted by molar-refractivity contribution is -0.116. The SMILES string of the molecule is O=C(Nc1ccc(Cl)c(F)c1)C(Cl)c1ccccc1. The number of carbonyl (C=O) groups is 1. The second-order valence-corrected chi connectivity index (χ2v) is 4.74. The molecule has 1 atom stereocenters. The number of benzene rings is 2. The van der Waals surface area contributed by atoms with Gasteiger partial charge in [-0.1, -0.05) is 41.9 Å². The predicted molar refractivity (Wildman–Crippen MR) is 75.1 cm³/mol. The minimum absolute atomic E-state index is 0.00322. The van der Waals surface area contributed by atoms with Crippen LogP contribution in [0.25, 0.3) is 0 Å². The third-order valence-corrected chi connectivity index (χ3v) is 3.27. The van der Waals surface area contributed by atoms with Crippen LogP contribution in [0.15, 0.2) is 48.5 Å². The summed E-state index contributed by atoms with van der Waals surface area (Å²) in [6.07, 6.45) is 0. The van der Waals surface area contributed by atoms with E-state index in [1.165, 1.54) is 12.1 Å². The number of anilines is 1. The molecule has 0 aliphatic carbocycles. The lowest BCUT2D eigenvalue weighted by Gasteiger charge is -2.11. The molecule has 5 heteroatoms. The number of hydrogen-bond acceptors (Lipinski definition) is 1. The number of hydrogen-bond donors (Lipinski definition) is 1. The second-order valence-electron chi connectivity index (χ2n) is 3.89. The van der Waals surface area contributed by atoms with E-state index in [2.05, 4.69) is 5.32 Å². The van der Waals surface area contributed by atoms with Gasteiger partial charge in [0.05, 0.1) is 5.02 Å². The normalized spacial score (nSPS) is 11.9. The molecule has 0 aliphatic heterocycles. The van der Waals surface area contributed by atoms with Gasteiger partial charge in [-0.2, -0.15) is 0 Å². The average Bonchev–Trinajstić information content (AvgIpc) is 2.43. The first-order valence-corrected chi connectivity index (χ1v) is 6.34. The van der Waals surface area contributed by atoms with Crippen LogP contribution in [0.4, 0.5) is 10.1 Å². The molecule has 2 nitrogen and oxygen atoms in total. The highest BCUT2D eigenvalue weighted by Crippen LogP contribution is 2.24. The van der Waals surface area contributed by atoms with Gasteiger partial charge >= 0.3 is 0 Å². The number of halogens is 3. The maximum absolute atomic E-state index is 13.2. The summed E-state index contributed by atoms with van der Waals surface area (Å²) in [5, 5.41) is 1.71. The van der Waals surface area contributed by atoms with Gasteiger partial charge in [0.15, 0.2) is 0 Å². The Labute approximate surface area is 120 Å². The largest absolute Gasteiger partial charge is 0.324 e. The van der Waals surface area contributed by atoms with Gasteiger partial charge in [-0.15, -0.1) is 11.6 Å². The quantitative estimate of drug-likeness (QED) is 0.836. The summed E-state index contributed by atoms with van der Waals surface area (Å²) in [7, 11) is 0. The summed E-state index contributed by atoms with van der Waals surface area (Å²) in [5.74, 6) is -1.01. The fourth-order valence-electron chi connectivity index (χ4n) is 1.55. The molecule has 2 aromatic rings. The molecule has 0 saturated heterocycles. The van der Waals surface area contributed by atoms with Gasteiger partial charge in [0.2, 0.25) is 5.91 Å². The van der Waals surface area contributed by atoms with Crippen molar-refractivity contribution in [3.8, 4) is 0 Å². The molecular weight excluding hydrogens is 288 g/mol. The van der Waals surface area contributed by atoms with Gasteiger partial charge in [-0.3, -0.25) is 4.79 Å². The molecule has 2 rings (SSSR count). The fourth-order valence-corrected chi connectivity index (χ4v) is 1.87. The summed E-state index contributed by atoms with van der Waals surface area (Å²) in [6.45, 7) is 0. The molecule has 98 valence electrons. The number of amides is 1. The summed E-state index contributed by atoms with van der Waals surface area (Å²) in [5.41, 5.74) is 0.990. The van der Waals surface area contributed by atoms with Crippen LogP contribution in [0, 0.1) is 5.82 Å². The Bertz CT molecular complexity index is 589. The topological polar surface area (TPSA) is 29.1 Å². The molecule has 0 fully saturated rings. The molecule has 0 bridgehead atoms. The van der Waals surface area contributed by atoms with Crippen molar-refractivity contribution in [2.45, 2.75) is 5.38 Å².